The molecule has 43 valence electrons. The zero-order valence-corrected chi connectivity index (χ0v) is 8.37. The first kappa shape index (κ1) is 22.7. The topological polar surface area (TPSA) is 124 Å². The summed E-state index contributed by atoms with van der Waals surface area (Å²) in [6.45, 7) is 0. The number of hydrogen-bond acceptors (Lipinski definition) is 4. The van der Waals surface area contributed by atoms with Crippen molar-refractivity contribution in [3.63, 3.8) is 0 Å². The molecule has 0 rings (SSSR count). The Kier molecular flexibility index (Phi) is 24.2. The summed E-state index contributed by atoms with van der Waals surface area (Å²) < 4.78 is 0. The van der Waals surface area contributed by atoms with E-state index in [0.29, 0.717) is 0 Å². The van der Waals surface area contributed by atoms with Crippen molar-refractivity contribution in [2.75, 3.05) is 0 Å². The van der Waals surface area contributed by atoms with Gasteiger partial charge in [-0.2, -0.15) is 0 Å². The van der Waals surface area contributed by atoms with Gasteiger partial charge in [0.2, 0.25) is 0 Å². The first-order valence-electron chi connectivity index (χ1n) is 0.816. The number of rotatable bonds is 0. The van der Waals surface area contributed by atoms with Gasteiger partial charge in [0.1, 0.15) is 0 Å². The largest absolute Gasteiger partial charge is 1.00 e. The van der Waals surface area contributed by atoms with Gasteiger partial charge in [-0.25, -0.2) is 0 Å². The molecule has 0 aliphatic rings. The normalized spacial score (nSPS) is 7.50. The predicted molar refractivity (Wildman–Crippen MR) is 15.1 cm³/mol. The Labute approximate surface area is 80.2 Å². The molecule has 3 radical (unpaired) electrons. The Balaban J connectivity index is -0.0000000267. The molecule has 2 N–H and O–H groups in total. The maximum Gasteiger partial charge on any atom is 1.00 e. The minimum atomic E-state index is -5.61. The van der Waals surface area contributed by atoms with Crippen LogP contribution in [-0.2, 0) is 0 Å². The minimum absolute atomic E-state index is 0. The van der Waals surface area contributed by atoms with Crippen molar-refractivity contribution in [3.8, 4) is 0 Å². The van der Waals surface area contributed by atoms with Crippen LogP contribution in [0.25, 0.3) is 0 Å². The van der Waals surface area contributed by atoms with E-state index in [2.05, 4.69) is 0 Å². The van der Waals surface area contributed by atoms with Gasteiger partial charge in [0, 0.05) is 17.4 Å². The van der Waals surface area contributed by atoms with Gasteiger partial charge in [0.05, 0.1) is 0 Å². The standard InChI is InChI=1S/Al.Na.O4Si.H2O/c;;1-5(2,3)4;/h;;;1H2/q;+1;-4;. The van der Waals surface area contributed by atoms with E-state index in [1.165, 1.54) is 0 Å². The zero-order chi connectivity index (χ0) is 4.50. The molecule has 8 heavy (non-hydrogen) atoms. The summed E-state index contributed by atoms with van der Waals surface area (Å²) in [6, 6.07) is 0. The first-order valence-corrected chi connectivity index (χ1v) is 2.45. The Morgan fingerprint density at radius 2 is 0.875 bits per heavy atom. The molecule has 0 unspecified atom stereocenters. The molecule has 0 bridgehead atoms. The van der Waals surface area contributed by atoms with Gasteiger partial charge in [-0.05, 0) is 0 Å². The second kappa shape index (κ2) is 8.55. The van der Waals surface area contributed by atoms with Crippen molar-refractivity contribution < 1.29 is 54.2 Å². The fourth-order valence-electron chi connectivity index (χ4n) is 0. The van der Waals surface area contributed by atoms with Crippen LogP contribution in [0.15, 0.2) is 0 Å². The quantitative estimate of drug-likeness (QED) is 0.326. The van der Waals surface area contributed by atoms with Gasteiger partial charge in [-0.3, -0.25) is 0 Å². The van der Waals surface area contributed by atoms with Crippen LogP contribution < -0.4 is 48.7 Å². The molecule has 0 atom stereocenters. The second-order valence-electron chi connectivity index (χ2n) is 0.500. The molecule has 0 aliphatic heterocycles. The molecular weight excluding hydrogens is 158 g/mol. The van der Waals surface area contributed by atoms with Crippen LogP contribution in [0.5, 0.6) is 0 Å². The SMILES string of the molecule is O.[Al].[Na+].[O-][Si]([O-])([O-])[O-]. The minimum Gasteiger partial charge on any atom is -0.894 e. The predicted octanol–water partition coefficient (Wildman–Crippen LogP) is -9.34. The second-order valence-corrected chi connectivity index (χ2v) is 1.50. The molecule has 0 aromatic carbocycles. The van der Waals surface area contributed by atoms with Gasteiger partial charge >= 0.3 is 29.6 Å². The van der Waals surface area contributed by atoms with Gasteiger partial charge in [0.25, 0.3) is 0 Å². The Morgan fingerprint density at radius 3 is 0.875 bits per heavy atom. The van der Waals surface area contributed by atoms with Gasteiger partial charge in [-0.15, -0.1) is 0 Å². The van der Waals surface area contributed by atoms with Crippen LogP contribution in [0.4, 0.5) is 0 Å². The summed E-state index contributed by atoms with van der Waals surface area (Å²) in [5, 5.41) is 0. The van der Waals surface area contributed by atoms with Crippen molar-refractivity contribution in [3.05, 3.63) is 0 Å². The molecule has 0 aromatic heterocycles. The van der Waals surface area contributed by atoms with E-state index in [4.69, 9.17) is 19.2 Å². The summed E-state index contributed by atoms with van der Waals surface area (Å²) >= 11 is 0. The molecule has 0 heterocycles. The van der Waals surface area contributed by atoms with Crippen molar-refractivity contribution in [2.45, 2.75) is 0 Å². The summed E-state index contributed by atoms with van der Waals surface area (Å²) in [7, 11) is -5.61. The fraction of sp³-hybridized carbons (Fsp3) is 0. The van der Waals surface area contributed by atoms with E-state index in [9.17, 15) is 0 Å². The van der Waals surface area contributed by atoms with Crippen LogP contribution in [-0.4, -0.2) is 31.9 Å². The molecule has 0 aliphatic carbocycles. The maximum atomic E-state index is 8.58. The summed E-state index contributed by atoms with van der Waals surface area (Å²) in [6.07, 6.45) is 0. The monoisotopic (exact) mass is 160 g/mol. The van der Waals surface area contributed by atoms with Crippen LogP contribution in [0.2, 0.25) is 0 Å². The average molecular weight is 160 g/mol. The Hall–Kier alpha value is 1.55. The van der Waals surface area contributed by atoms with Crippen LogP contribution in [0.1, 0.15) is 0 Å². The molecule has 0 spiro atoms. The average Bonchev–Trinajstić information content (AvgIpc) is 0.722. The molecule has 8 heteroatoms. The van der Waals surface area contributed by atoms with Crippen LogP contribution >= 0.6 is 0 Å². The molecule has 0 saturated carbocycles. The first-order chi connectivity index (χ1) is 2.00. The van der Waals surface area contributed by atoms with E-state index in [-0.39, 0.29) is 52.4 Å². The van der Waals surface area contributed by atoms with Gasteiger partial charge in [0.15, 0.2) is 0 Å². The third-order valence-corrected chi connectivity index (χ3v) is 0. The van der Waals surface area contributed by atoms with Crippen LogP contribution in [0, 0.1) is 0 Å². The molecular formula is H2AlNaO5Si-3. The van der Waals surface area contributed by atoms with E-state index in [1.54, 1.807) is 0 Å². The molecule has 0 aromatic rings. The van der Waals surface area contributed by atoms with E-state index < -0.39 is 9.05 Å². The molecule has 0 fully saturated rings. The Morgan fingerprint density at radius 1 is 0.875 bits per heavy atom. The fourth-order valence-corrected chi connectivity index (χ4v) is 0. The molecule has 0 saturated heterocycles. The third-order valence-electron chi connectivity index (χ3n) is 0. The van der Waals surface area contributed by atoms with Crippen molar-refractivity contribution in [2.24, 2.45) is 0 Å². The third kappa shape index (κ3) is 135. The number of hydrogen-bond donors (Lipinski definition) is 0. The maximum absolute atomic E-state index is 8.58. The smallest absolute Gasteiger partial charge is 0.894 e. The van der Waals surface area contributed by atoms with E-state index in [0.717, 1.165) is 0 Å². The molecule has 5 nitrogen and oxygen atoms in total. The van der Waals surface area contributed by atoms with E-state index in [1.807, 2.05) is 0 Å². The molecule has 0 amide bonds. The van der Waals surface area contributed by atoms with Gasteiger partial charge in [-0.1, -0.05) is 0 Å². The summed E-state index contributed by atoms with van der Waals surface area (Å²) in [4.78, 5) is 34.3. The van der Waals surface area contributed by atoms with Crippen molar-refractivity contribution in [1.29, 1.82) is 0 Å². The van der Waals surface area contributed by atoms with Gasteiger partial charge < -0.3 is 33.7 Å². The zero-order valence-electron chi connectivity index (χ0n) is 4.21. The van der Waals surface area contributed by atoms with E-state index >= 15 is 0 Å². The summed E-state index contributed by atoms with van der Waals surface area (Å²) in [5.41, 5.74) is 0. The van der Waals surface area contributed by atoms with Crippen LogP contribution in [0.3, 0.4) is 0 Å². The Bertz CT molecular complexity index is 27.9. The van der Waals surface area contributed by atoms with Crippen molar-refractivity contribution >= 4 is 26.4 Å². The summed E-state index contributed by atoms with van der Waals surface area (Å²) in [5.74, 6) is 0. The van der Waals surface area contributed by atoms with Crippen molar-refractivity contribution in [1.82, 2.24) is 0 Å².